The zero-order chi connectivity index (χ0) is 19.2. The summed E-state index contributed by atoms with van der Waals surface area (Å²) < 4.78 is 9.62. The van der Waals surface area contributed by atoms with Gasteiger partial charge in [-0.15, -0.1) is 0 Å². The highest BCUT2D eigenvalue weighted by Gasteiger charge is 2.22. The van der Waals surface area contributed by atoms with Gasteiger partial charge < -0.3 is 19.6 Å². The van der Waals surface area contributed by atoms with Crippen molar-refractivity contribution in [2.24, 2.45) is 4.99 Å². The van der Waals surface area contributed by atoms with E-state index in [-0.39, 0.29) is 0 Å². The molecule has 0 aromatic carbocycles. The molecular weight excluding hydrogens is 362 g/mol. The summed E-state index contributed by atoms with van der Waals surface area (Å²) in [5, 5.41) is 8.54. The molecule has 27 heavy (non-hydrogen) atoms. The summed E-state index contributed by atoms with van der Waals surface area (Å²) in [5.74, 6) is 2.84. The summed E-state index contributed by atoms with van der Waals surface area (Å²) in [6.07, 6.45) is 2.88. The van der Waals surface area contributed by atoms with Gasteiger partial charge in [0.25, 0.3) is 0 Å². The number of aliphatic imine (C=N–C) groups is 1. The molecule has 2 aromatic heterocycles. The Morgan fingerprint density at radius 3 is 2.63 bits per heavy atom. The van der Waals surface area contributed by atoms with E-state index in [1.54, 1.807) is 0 Å². The molecule has 9 heteroatoms. The first-order valence-electron chi connectivity index (χ1n) is 9.57. The van der Waals surface area contributed by atoms with Crippen molar-refractivity contribution in [2.45, 2.75) is 40.0 Å². The highest BCUT2D eigenvalue weighted by Crippen LogP contribution is 2.19. The van der Waals surface area contributed by atoms with Crippen LogP contribution >= 0.6 is 11.5 Å². The molecule has 1 aliphatic heterocycles. The Labute approximate surface area is 164 Å². The Hall–Kier alpha value is -2.16. The van der Waals surface area contributed by atoms with E-state index >= 15 is 0 Å². The lowest BCUT2D eigenvalue weighted by Gasteiger charge is -2.36. The second-order valence-electron chi connectivity index (χ2n) is 6.70. The van der Waals surface area contributed by atoms with Gasteiger partial charge in [-0.1, -0.05) is 12.1 Å². The molecule has 0 saturated carbocycles. The molecule has 0 aliphatic carbocycles. The van der Waals surface area contributed by atoms with Gasteiger partial charge in [-0.3, -0.25) is 4.99 Å². The summed E-state index contributed by atoms with van der Waals surface area (Å²) in [4.78, 5) is 13.7. The zero-order valence-electron chi connectivity index (χ0n) is 16.7. The number of hydrogen-bond acceptors (Lipinski definition) is 7. The molecule has 0 unspecified atom stereocenters. The van der Waals surface area contributed by atoms with Gasteiger partial charge in [0.2, 0.25) is 5.13 Å². The van der Waals surface area contributed by atoms with E-state index in [2.05, 4.69) is 41.5 Å². The Kier molecular flexibility index (Phi) is 6.65. The summed E-state index contributed by atoms with van der Waals surface area (Å²) in [5.41, 5.74) is 2.22. The van der Waals surface area contributed by atoms with Gasteiger partial charge >= 0.3 is 0 Å². The molecule has 148 valence electrons. The topological polar surface area (TPSA) is 82.7 Å². The number of piperazine rings is 1. The van der Waals surface area contributed by atoms with E-state index in [0.29, 0.717) is 0 Å². The first-order valence-corrected chi connectivity index (χ1v) is 10.3. The summed E-state index contributed by atoms with van der Waals surface area (Å²) in [6.45, 7) is 10.7. The fraction of sp³-hybridized carbons (Fsp3) is 0.667. The molecule has 0 radical (unpaired) electrons. The number of rotatable bonds is 6. The van der Waals surface area contributed by atoms with Gasteiger partial charge in [-0.2, -0.15) is 4.37 Å². The van der Waals surface area contributed by atoms with E-state index < -0.39 is 0 Å². The maximum absolute atomic E-state index is 5.23. The zero-order valence-corrected chi connectivity index (χ0v) is 17.5. The quantitative estimate of drug-likeness (QED) is 0.458. The number of aryl methyl sites for hydroxylation is 3. The van der Waals surface area contributed by atoms with Gasteiger partial charge in [0, 0.05) is 63.3 Å². The van der Waals surface area contributed by atoms with Crippen LogP contribution in [0, 0.1) is 13.8 Å². The van der Waals surface area contributed by atoms with Crippen LogP contribution in [0.2, 0.25) is 0 Å². The highest BCUT2D eigenvalue weighted by molar-refractivity contribution is 7.09. The fourth-order valence-electron chi connectivity index (χ4n) is 3.28. The normalized spacial score (nSPS) is 15.5. The lowest BCUT2D eigenvalue weighted by Crippen LogP contribution is -2.52. The second-order valence-corrected chi connectivity index (χ2v) is 7.43. The lowest BCUT2D eigenvalue weighted by molar-refractivity contribution is 0.372. The van der Waals surface area contributed by atoms with Crippen LogP contribution in [0.25, 0.3) is 0 Å². The molecule has 1 N–H and O–H groups in total. The van der Waals surface area contributed by atoms with Crippen LogP contribution in [0.1, 0.15) is 36.2 Å². The molecule has 3 heterocycles. The SMILES string of the molecule is CCc1nsc(N2CCN(C(=NC)NCCCc3c(C)noc3C)CC2)n1. The van der Waals surface area contributed by atoms with E-state index in [0.717, 1.165) is 80.4 Å². The van der Waals surface area contributed by atoms with E-state index in [1.807, 2.05) is 20.9 Å². The van der Waals surface area contributed by atoms with Gasteiger partial charge in [0.05, 0.1) is 5.69 Å². The smallest absolute Gasteiger partial charge is 0.205 e. The number of nitrogens with zero attached hydrogens (tertiary/aromatic N) is 6. The number of hydrogen-bond donors (Lipinski definition) is 1. The van der Waals surface area contributed by atoms with Gasteiger partial charge in [0.1, 0.15) is 11.6 Å². The first kappa shape index (κ1) is 19.6. The minimum atomic E-state index is 0.882. The van der Waals surface area contributed by atoms with Crippen LogP contribution in [0.3, 0.4) is 0 Å². The Morgan fingerprint density at radius 2 is 2.04 bits per heavy atom. The third kappa shape index (κ3) is 4.77. The van der Waals surface area contributed by atoms with Gasteiger partial charge in [-0.05, 0) is 26.7 Å². The van der Waals surface area contributed by atoms with Crippen molar-refractivity contribution >= 4 is 22.6 Å². The minimum absolute atomic E-state index is 0.882. The number of nitrogens with one attached hydrogen (secondary N) is 1. The van der Waals surface area contributed by atoms with Crippen molar-refractivity contribution in [2.75, 3.05) is 44.7 Å². The van der Waals surface area contributed by atoms with E-state index in [4.69, 9.17) is 4.52 Å². The van der Waals surface area contributed by atoms with Crippen molar-refractivity contribution in [1.29, 1.82) is 0 Å². The van der Waals surface area contributed by atoms with Gasteiger partial charge in [0.15, 0.2) is 5.96 Å². The van der Waals surface area contributed by atoms with Crippen molar-refractivity contribution in [3.05, 3.63) is 22.8 Å². The fourth-order valence-corrected chi connectivity index (χ4v) is 4.08. The number of guanidine groups is 1. The average molecular weight is 392 g/mol. The van der Waals surface area contributed by atoms with Crippen molar-refractivity contribution in [3.63, 3.8) is 0 Å². The number of anilines is 1. The molecule has 1 aliphatic rings. The highest BCUT2D eigenvalue weighted by atomic mass is 32.1. The predicted molar refractivity (Wildman–Crippen MR) is 109 cm³/mol. The first-order chi connectivity index (χ1) is 13.1. The van der Waals surface area contributed by atoms with Crippen LogP contribution in [0.5, 0.6) is 0 Å². The molecule has 0 atom stereocenters. The third-order valence-electron chi connectivity index (χ3n) is 4.90. The predicted octanol–water partition coefficient (Wildman–Crippen LogP) is 2.04. The third-order valence-corrected chi connectivity index (χ3v) is 5.72. The molecule has 0 bridgehead atoms. The standard InChI is InChI=1S/C18H29N7OS/c1-5-16-21-18(27-23-16)25-11-9-24(10-12-25)17(19-4)20-8-6-7-15-13(2)22-26-14(15)3/h5-12H2,1-4H3,(H,19,20). The van der Waals surface area contributed by atoms with Crippen LogP contribution in [0.15, 0.2) is 9.52 Å². The average Bonchev–Trinajstić information content (AvgIpc) is 3.30. The van der Waals surface area contributed by atoms with Crippen molar-refractivity contribution in [3.8, 4) is 0 Å². The molecule has 3 rings (SSSR count). The van der Waals surface area contributed by atoms with E-state index in [9.17, 15) is 0 Å². The largest absolute Gasteiger partial charge is 0.361 e. The lowest BCUT2D eigenvalue weighted by atomic mass is 10.1. The van der Waals surface area contributed by atoms with Crippen LogP contribution in [0.4, 0.5) is 5.13 Å². The molecule has 2 aromatic rings. The molecule has 0 spiro atoms. The maximum atomic E-state index is 5.23. The molecule has 0 amide bonds. The van der Waals surface area contributed by atoms with Gasteiger partial charge in [-0.25, -0.2) is 4.98 Å². The Bertz CT molecular complexity index is 742. The van der Waals surface area contributed by atoms with Crippen LogP contribution in [-0.2, 0) is 12.8 Å². The Balaban J connectivity index is 1.43. The molecular formula is C18H29N7OS. The van der Waals surface area contributed by atoms with Crippen LogP contribution in [-0.4, -0.2) is 65.1 Å². The summed E-state index contributed by atoms with van der Waals surface area (Å²) >= 11 is 1.50. The monoisotopic (exact) mass is 391 g/mol. The minimum Gasteiger partial charge on any atom is -0.361 e. The number of aromatic nitrogens is 3. The maximum Gasteiger partial charge on any atom is 0.205 e. The summed E-state index contributed by atoms with van der Waals surface area (Å²) in [6, 6.07) is 0. The van der Waals surface area contributed by atoms with E-state index in [1.165, 1.54) is 17.1 Å². The second kappa shape index (κ2) is 9.16. The molecule has 1 fully saturated rings. The molecule has 1 saturated heterocycles. The van der Waals surface area contributed by atoms with Crippen LogP contribution < -0.4 is 10.2 Å². The van der Waals surface area contributed by atoms with Crippen molar-refractivity contribution < 1.29 is 4.52 Å². The Morgan fingerprint density at radius 1 is 1.26 bits per heavy atom. The molecule has 8 nitrogen and oxygen atoms in total. The summed E-state index contributed by atoms with van der Waals surface area (Å²) in [7, 11) is 1.85. The van der Waals surface area contributed by atoms with Crippen molar-refractivity contribution in [1.82, 2.24) is 24.7 Å².